The molecule has 1 N–H and O–H groups in total. The van der Waals surface area contributed by atoms with E-state index in [9.17, 15) is 18.4 Å². The predicted molar refractivity (Wildman–Crippen MR) is 92.9 cm³/mol. The second-order valence-electron chi connectivity index (χ2n) is 5.68. The Balaban J connectivity index is 1.77. The Kier molecular flexibility index (Phi) is 5.03. The van der Waals surface area contributed by atoms with Gasteiger partial charge < -0.3 is 10.2 Å². The zero-order chi connectivity index (χ0) is 18.0. The molecule has 25 heavy (non-hydrogen) atoms. The van der Waals surface area contributed by atoms with Crippen molar-refractivity contribution in [3.05, 3.63) is 65.7 Å². The third-order valence-corrected chi connectivity index (χ3v) is 5.22. The first-order valence-corrected chi connectivity index (χ1v) is 8.66. The van der Waals surface area contributed by atoms with Crippen LogP contribution in [0, 0.1) is 11.6 Å². The number of nitrogens with zero attached hydrogens (tertiary/aromatic N) is 1. The molecule has 0 aliphatic carbocycles. The van der Waals surface area contributed by atoms with Gasteiger partial charge in [0.2, 0.25) is 11.8 Å². The van der Waals surface area contributed by atoms with Crippen LogP contribution in [0.2, 0.25) is 0 Å². The average Bonchev–Trinajstić information content (AvgIpc) is 2.83. The van der Waals surface area contributed by atoms with Crippen LogP contribution in [0.3, 0.4) is 0 Å². The van der Waals surface area contributed by atoms with Crippen LogP contribution in [-0.4, -0.2) is 28.5 Å². The van der Waals surface area contributed by atoms with Crippen LogP contribution in [0.15, 0.2) is 48.5 Å². The number of amides is 2. The van der Waals surface area contributed by atoms with Crippen molar-refractivity contribution < 1.29 is 18.4 Å². The molecule has 0 aromatic heterocycles. The molecule has 1 fully saturated rings. The van der Waals surface area contributed by atoms with Crippen LogP contribution in [0.4, 0.5) is 14.5 Å². The van der Waals surface area contributed by atoms with E-state index in [2.05, 4.69) is 5.32 Å². The Hall–Kier alpha value is -2.41. The number of carbonyl (C=O) groups is 2. The molecule has 2 amide bonds. The third-order valence-electron chi connectivity index (χ3n) is 3.84. The molecular formula is C18H16F2N2O2S. The first-order chi connectivity index (χ1) is 12.0. The van der Waals surface area contributed by atoms with E-state index in [0.29, 0.717) is 11.3 Å². The van der Waals surface area contributed by atoms with Crippen LogP contribution in [0.5, 0.6) is 0 Å². The molecule has 2 aromatic carbocycles. The lowest BCUT2D eigenvalue weighted by Crippen LogP contribution is -2.37. The van der Waals surface area contributed by atoms with Crippen molar-refractivity contribution in [1.82, 2.24) is 4.90 Å². The molecule has 7 heteroatoms. The van der Waals surface area contributed by atoms with E-state index in [1.807, 2.05) is 0 Å². The number of carbonyl (C=O) groups excluding carboxylic acids is 2. The fourth-order valence-corrected chi connectivity index (χ4v) is 3.97. The van der Waals surface area contributed by atoms with Crippen LogP contribution in [-0.2, 0) is 9.59 Å². The van der Waals surface area contributed by atoms with Crippen molar-refractivity contribution in [2.24, 2.45) is 0 Å². The molecule has 1 aliphatic heterocycles. The van der Waals surface area contributed by atoms with Crippen molar-refractivity contribution in [1.29, 1.82) is 0 Å². The summed E-state index contributed by atoms with van der Waals surface area (Å²) < 4.78 is 27.3. The highest BCUT2D eigenvalue weighted by molar-refractivity contribution is 8.01. The number of halogens is 2. The Morgan fingerprint density at radius 1 is 1.20 bits per heavy atom. The largest absolute Gasteiger partial charge is 0.324 e. The van der Waals surface area contributed by atoms with Crippen LogP contribution >= 0.6 is 11.8 Å². The first-order valence-electron chi connectivity index (χ1n) is 7.71. The molecule has 1 heterocycles. The first kappa shape index (κ1) is 17.4. The standard InChI is InChI=1S/C18H16F2N2O2S/c1-11-17(24)22(18(25-11)14-7-2-3-8-15(14)20)10-16(23)21-13-6-4-5-12(19)9-13/h2-9,11,18H,10H2,1H3,(H,21,23)/t11-,18-/m0/s1. The fourth-order valence-electron chi connectivity index (χ4n) is 2.67. The molecule has 0 saturated carbocycles. The van der Waals surface area contributed by atoms with Gasteiger partial charge in [-0.3, -0.25) is 9.59 Å². The van der Waals surface area contributed by atoms with E-state index in [-0.39, 0.29) is 17.7 Å². The number of anilines is 1. The van der Waals surface area contributed by atoms with Gasteiger partial charge in [0.05, 0.1) is 5.25 Å². The molecule has 0 radical (unpaired) electrons. The molecule has 4 nitrogen and oxygen atoms in total. The van der Waals surface area contributed by atoms with Crippen molar-refractivity contribution in [2.75, 3.05) is 11.9 Å². The lowest BCUT2D eigenvalue weighted by atomic mass is 10.2. The van der Waals surface area contributed by atoms with Gasteiger partial charge in [-0.05, 0) is 31.2 Å². The maximum absolute atomic E-state index is 14.1. The summed E-state index contributed by atoms with van der Waals surface area (Å²) in [5.74, 6) is -1.58. The molecule has 0 spiro atoms. The zero-order valence-electron chi connectivity index (χ0n) is 13.4. The highest BCUT2D eigenvalue weighted by Crippen LogP contribution is 2.43. The lowest BCUT2D eigenvalue weighted by molar-refractivity contribution is -0.133. The molecule has 130 valence electrons. The van der Waals surface area contributed by atoms with Crippen molar-refractivity contribution in [3.63, 3.8) is 0 Å². The summed E-state index contributed by atoms with van der Waals surface area (Å²) in [6.45, 7) is 1.50. The molecule has 2 atom stereocenters. The smallest absolute Gasteiger partial charge is 0.244 e. The highest BCUT2D eigenvalue weighted by Gasteiger charge is 2.40. The van der Waals surface area contributed by atoms with Crippen LogP contribution in [0.1, 0.15) is 17.9 Å². The number of nitrogens with one attached hydrogen (secondary N) is 1. The van der Waals surface area contributed by atoms with Gasteiger partial charge in [0.25, 0.3) is 0 Å². The second kappa shape index (κ2) is 7.23. The van der Waals surface area contributed by atoms with Crippen molar-refractivity contribution in [3.8, 4) is 0 Å². The zero-order valence-corrected chi connectivity index (χ0v) is 14.2. The number of hydrogen-bond acceptors (Lipinski definition) is 3. The number of hydrogen-bond donors (Lipinski definition) is 1. The summed E-state index contributed by atoms with van der Waals surface area (Å²) in [5.41, 5.74) is 0.670. The molecule has 2 aromatic rings. The predicted octanol–water partition coefficient (Wildman–Crippen LogP) is 3.57. The number of rotatable bonds is 4. The van der Waals surface area contributed by atoms with Gasteiger partial charge in [-0.15, -0.1) is 11.8 Å². The summed E-state index contributed by atoms with van der Waals surface area (Å²) >= 11 is 1.30. The van der Waals surface area contributed by atoms with E-state index >= 15 is 0 Å². The average molecular weight is 362 g/mol. The fraction of sp³-hybridized carbons (Fsp3) is 0.222. The summed E-state index contributed by atoms with van der Waals surface area (Å²) in [7, 11) is 0. The quantitative estimate of drug-likeness (QED) is 0.905. The van der Waals surface area contributed by atoms with Gasteiger partial charge in [0, 0.05) is 11.3 Å². The maximum Gasteiger partial charge on any atom is 0.244 e. The molecule has 0 unspecified atom stereocenters. The molecule has 0 bridgehead atoms. The summed E-state index contributed by atoms with van der Waals surface area (Å²) in [4.78, 5) is 26.0. The normalized spacial score (nSPS) is 20.0. The monoisotopic (exact) mass is 362 g/mol. The van der Waals surface area contributed by atoms with Crippen LogP contribution in [0.25, 0.3) is 0 Å². The summed E-state index contributed by atoms with van der Waals surface area (Å²) in [6.07, 6.45) is 0. The minimum atomic E-state index is -0.568. The lowest BCUT2D eigenvalue weighted by Gasteiger charge is -2.24. The number of thioether (sulfide) groups is 1. The Labute approximate surface area is 148 Å². The minimum absolute atomic E-state index is 0.229. The minimum Gasteiger partial charge on any atom is -0.324 e. The van der Waals surface area contributed by atoms with E-state index < -0.39 is 22.9 Å². The maximum atomic E-state index is 14.1. The van der Waals surface area contributed by atoms with E-state index in [1.54, 1.807) is 31.2 Å². The van der Waals surface area contributed by atoms with Gasteiger partial charge in [-0.1, -0.05) is 24.3 Å². The molecule has 1 aliphatic rings. The number of benzene rings is 2. The SMILES string of the molecule is C[C@@H]1S[C@@H](c2ccccc2F)N(CC(=O)Nc2cccc(F)c2)C1=O. The highest BCUT2D eigenvalue weighted by atomic mass is 32.2. The second-order valence-corrected chi connectivity index (χ2v) is 7.10. The van der Waals surface area contributed by atoms with Gasteiger partial charge >= 0.3 is 0 Å². The molecular weight excluding hydrogens is 346 g/mol. The van der Waals surface area contributed by atoms with Gasteiger partial charge in [0.1, 0.15) is 23.6 Å². The van der Waals surface area contributed by atoms with Gasteiger partial charge in [-0.2, -0.15) is 0 Å². The van der Waals surface area contributed by atoms with Gasteiger partial charge in [-0.25, -0.2) is 8.78 Å². The summed E-state index contributed by atoms with van der Waals surface area (Å²) in [5, 5.41) is 1.62. The molecule has 1 saturated heterocycles. The van der Waals surface area contributed by atoms with Crippen molar-refractivity contribution >= 4 is 29.3 Å². The van der Waals surface area contributed by atoms with Crippen LogP contribution < -0.4 is 5.32 Å². The van der Waals surface area contributed by atoms with E-state index in [1.165, 1.54) is 40.9 Å². The Morgan fingerprint density at radius 2 is 1.96 bits per heavy atom. The summed E-state index contributed by atoms with van der Waals surface area (Å²) in [6, 6.07) is 11.7. The molecule has 3 rings (SSSR count). The van der Waals surface area contributed by atoms with E-state index in [0.717, 1.165) is 0 Å². The van der Waals surface area contributed by atoms with Crippen molar-refractivity contribution in [2.45, 2.75) is 17.5 Å². The Bertz CT molecular complexity index is 815. The third kappa shape index (κ3) is 3.82. The Morgan fingerprint density at radius 3 is 2.68 bits per heavy atom. The van der Waals surface area contributed by atoms with E-state index in [4.69, 9.17) is 0 Å². The van der Waals surface area contributed by atoms with Gasteiger partial charge in [0.15, 0.2) is 0 Å². The topological polar surface area (TPSA) is 49.4 Å².